The van der Waals surface area contributed by atoms with E-state index < -0.39 is 0 Å². The van der Waals surface area contributed by atoms with Crippen LogP contribution in [0.15, 0.2) is 60.9 Å². The van der Waals surface area contributed by atoms with Gasteiger partial charge in [0, 0.05) is 68.7 Å². The van der Waals surface area contributed by atoms with Gasteiger partial charge in [0.25, 0.3) is 0 Å². The summed E-state index contributed by atoms with van der Waals surface area (Å²) in [6, 6.07) is 15.7. The molecule has 0 bridgehead atoms. The van der Waals surface area contributed by atoms with Crippen LogP contribution in [-0.4, -0.2) is 75.3 Å². The molecule has 0 saturated carbocycles. The molecule has 0 aliphatic carbocycles. The number of H-pyrrole nitrogens is 1. The molecule has 0 radical (unpaired) electrons. The van der Waals surface area contributed by atoms with Gasteiger partial charge >= 0.3 is 0 Å². The van der Waals surface area contributed by atoms with Crippen molar-refractivity contribution in [3.63, 3.8) is 0 Å². The maximum absolute atomic E-state index is 12.2. The lowest BCUT2D eigenvalue weighted by molar-refractivity contribution is -0.138. The number of hydrogen-bond donors (Lipinski definition) is 1. The molecule has 1 amide bonds. The smallest absolute Gasteiger partial charge is 0.248 e. The molecule has 4 heterocycles. The molecule has 1 aromatic carbocycles. The largest absolute Gasteiger partial charge is 0.439 e. The van der Waals surface area contributed by atoms with E-state index in [2.05, 4.69) is 32.2 Å². The fourth-order valence-electron chi connectivity index (χ4n) is 4.21. The number of piperazine rings is 1. The lowest BCUT2D eigenvalue weighted by atomic mass is 10.2. The monoisotopic (exact) mass is 486 g/mol. The Morgan fingerprint density at radius 2 is 1.94 bits per heavy atom. The van der Waals surface area contributed by atoms with Crippen LogP contribution in [0, 0.1) is 0 Å². The molecule has 3 aromatic heterocycles. The number of aromatic amines is 1. The molecule has 36 heavy (non-hydrogen) atoms. The van der Waals surface area contributed by atoms with Crippen molar-refractivity contribution in [2.45, 2.75) is 19.9 Å². The van der Waals surface area contributed by atoms with Gasteiger partial charge < -0.3 is 14.4 Å². The highest BCUT2D eigenvalue weighted by atomic mass is 16.5. The summed E-state index contributed by atoms with van der Waals surface area (Å²) in [5.41, 5.74) is 3.79. The second-order valence-electron chi connectivity index (χ2n) is 8.82. The van der Waals surface area contributed by atoms with Gasteiger partial charge in [0.15, 0.2) is 0 Å². The number of benzene rings is 1. The van der Waals surface area contributed by atoms with Crippen molar-refractivity contribution < 1.29 is 14.3 Å². The Labute approximate surface area is 210 Å². The van der Waals surface area contributed by atoms with E-state index in [-0.39, 0.29) is 12.5 Å². The van der Waals surface area contributed by atoms with Gasteiger partial charge in [0.2, 0.25) is 11.8 Å². The van der Waals surface area contributed by atoms with Crippen LogP contribution in [0.25, 0.3) is 22.2 Å². The normalized spacial score (nSPS) is 14.3. The highest BCUT2D eigenvalue weighted by molar-refractivity contribution is 5.80. The Bertz CT molecular complexity index is 1280. The van der Waals surface area contributed by atoms with Crippen molar-refractivity contribution in [3.05, 3.63) is 66.6 Å². The van der Waals surface area contributed by atoms with Gasteiger partial charge in [-0.05, 0) is 42.8 Å². The van der Waals surface area contributed by atoms with Crippen LogP contribution in [0.1, 0.15) is 19.0 Å². The van der Waals surface area contributed by atoms with E-state index in [4.69, 9.17) is 14.5 Å². The van der Waals surface area contributed by atoms with Crippen molar-refractivity contribution in [2.24, 2.45) is 0 Å². The van der Waals surface area contributed by atoms with Crippen LogP contribution in [0.3, 0.4) is 0 Å². The number of nitrogens with zero attached hydrogens (tertiary/aromatic N) is 5. The minimum absolute atomic E-state index is 0.0777. The number of ether oxygens (including phenoxy) is 2. The highest BCUT2D eigenvalue weighted by Gasteiger charge is 2.21. The van der Waals surface area contributed by atoms with Crippen molar-refractivity contribution in [3.8, 4) is 22.9 Å². The predicted octanol–water partition coefficient (Wildman–Crippen LogP) is 3.88. The summed E-state index contributed by atoms with van der Waals surface area (Å²) >= 11 is 0. The Hall–Kier alpha value is -3.82. The number of carbonyl (C=O) groups excluding carboxylic acids is 1. The van der Waals surface area contributed by atoms with Gasteiger partial charge in [-0.1, -0.05) is 13.0 Å². The molecule has 1 fully saturated rings. The summed E-state index contributed by atoms with van der Waals surface area (Å²) in [5, 5.41) is 7.90. The zero-order valence-corrected chi connectivity index (χ0v) is 20.4. The van der Waals surface area contributed by atoms with Gasteiger partial charge in [0.05, 0.1) is 16.9 Å². The fraction of sp³-hybridized carbons (Fsp3) is 0.333. The Morgan fingerprint density at radius 3 is 2.69 bits per heavy atom. The van der Waals surface area contributed by atoms with Gasteiger partial charge in [-0.15, -0.1) is 0 Å². The molecule has 0 unspecified atom stereocenters. The van der Waals surface area contributed by atoms with E-state index in [1.165, 1.54) is 0 Å². The molecular weight excluding hydrogens is 456 g/mol. The van der Waals surface area contributed by atoms with E-state index in [1.54, 1.807) is 12.4 Å². The maximum atomic E-state index is 12.2. The van der Waals surface area contributed by atoms with Crippen molar-refractivity contribution in [2.75, 3.05) is 39.4 Å². The average Bonchev–Trinajstić information content (AvgIpc) is 3.45. The second kappa shape index (κ2) is 11.3. The molecule has 1 aliphatic rings. The van der Waals surface area contributed by atoms with Gasteiger partial charge in [0.1, 0.15) is 12.4 Å². The van der Waals surface area contributed by atoms with Gasteiger partial charge in [-0.3, -0.25) is 19.8 Å². The first kappa shape index (κ1) is 23.9. The van der Waals surface area contributed by atoms with Crippen LogP contribution in [-0.2, 0) is 16.1 Å². The van der Waals surface area contributed by atoms with E-state index in [0.29, 0.717) is 18.2 Å². The summed E-state index contributed by atoms with van der Waals surface area (Å²) in [6.07, 6.45) is 4.39. The number of hydrogen-bond acceptors (Lipinski definition) is 7. The van der Waals surface area contributed by atoms with Crippen molar-refractivity contribution in [1.29, 1.82) is 0 Å². The van der Waals surface area contributed by atoms with E-state index >= 15 is 0 Å². The van der Waals surface area contributed by atoms with E-state index in [0.717, 1.165) is 67.0 Å². The maximum Gasteiger partial charge on any atom is 0.248 e. The SMILES string of the molecule is CCCOCC(=O)N1CCN(Cc2ccc3cc(Oc4ccc(-c5ccn[nH]5)cn4)ccc3n2)CC1. The van der Waals surface area contributed by atoms with Crippen LogP contribution < -0.4 is 4.74 Å². The first-order valence-corrected chi connectivity index (χ1v) is 12.3. The van der Waals surface area contributed by atoms with Crippen LogP contribution in [0.4, 0.5) is 0 Å². The zero-order chi connectivity index (χ0) is 24.7. The minimum atomic E-state index is 0.0777. The second-order valence-corrected chi connectivity index (χ2v) is 8.82. The Kier molecular flexibility index (Phi) is 7.49. The van der Waals surface area contributed by atoms with Gasteiger partial charge in [-0.2, -0.15) is 5.10 Å². The zero-order valence-electron chi connectivity index (χ0n) is 20.4. The summed E-state index contributed by atoms with van der Waals surface area (Å²) in [6.45, 7) is 6.71. The lowest BCUT2D eigenvalue weighted by Crippen LogP contribution is -2.49. The minimum Gasteiger partial charge on any atom is -0.439 e. The molecule has 0 atom stereocenters. The van der Waals surface area contributed by atoms with E-state index in [1.807, 2.05) is 48.2 Å². The molecule has 9 nitrogen and oxygen atoms in total. The summed E-state index contributed by atoms with van der Waals surface area (Å²) in [5.74, 6) is 1.31. The number of aromatic nitrogens is 4. The lowest BCUT2D eigenvalue weighted by Gasteiger charge is -2.34. The number of amides is 1. The van der Waals surface area contributed by atoms with Crippen molar-refractivity contribution >= 4 is 16.8 Å². The molecule has 0 spiro atoms. The quantitative estimate of drug-likeness (QED) is 0.359. The van der Waals surface area contributed by atoms with Crippen LogP contribution >= 0.6 is 0 Å². The third-order valence-corrected chi connectivity index (χ3v) is 6.17. The molecule has 186 valence electrons. The predicted molar refractivity (Wildman–Crippen MR) is 137 cm³/mol. The summed E-state index contributed by atoms with van der Waals surface area (Å²) in [4.78, 5) is 25.7. The Balaban J connectivity index is 1.16. The number of nitrogens with one attached hydrogen (secondary N) is 1. The number of rotatable bonds is 9. The summed E-state index contributed by atoms with van der Waals surface area (Å²) < 4.78 is 11.3. The molecular formula is C27H30N6O3. The average molecular weight is 487 g/mol. The number of pyridine rings is 2. The first-order valence-electron chi connectivity index (χ1n) is 12.3. The molecule has 1 N–H and O–H groups in total. The van der Waals surface area contributed by atoms with Gasteiger partial charge in [-0.25, -0.2) is 4.98 Å². The van der Waals surface area contributed by atoms with Crippen LogP contribution in [0.2, 0.25) is 0 Å². The third-order valence-electron chi connectivity index (χ3n) is 6.17. The van der Waals surface area contributed by atoms with Crippen molar-refractivity contribution in [1.82, 2.24) is 30.0 Å². The molecule has 9 heteroatoms. The topological polar surface area (TPSA) is 96.5 Å². The molecule has 4 aromatic rings. The molecule has 1 saturated heterocycles. The number of fused-ring (bicyclic) bond motifs is 1. The van der Waals surface area contributed by atoms with E-state index in [9.17, 15) is 4.79 Å². The molecule has 5 rings (SSSR count). The first-order chi connectivity index (χ1) is 17.7. The standard InChI is InChI=1S/C27H30N6O3/c1-2-15-35-19-27(34)33-13-11-32(12-14-33)18-22-5-3-20-16-23(6-7-24(20)30-22)36-26-8-4-21(17-28-26)25-9-10-29-31-25/h3-10,16-17H,2,11-15,18-19H2,1H3,(H,29,31). The molecule has 1 aliphatic heterocycles. The highest BCUT2D eigenvalue weighted by Crippen LogP contribution is 2.26. The van der Waals surface area contributed by atoms with Crippen LogP contribution in [0.5, 0.6) is 11.6 Å². The third kappa shape index (κ3) is 5.87. The fourth-order valence-corrected chi connectivity index (χ4v) is 4.21. The Morgan fingerprint density at radius 1 is 1.06 bits per heavy atom. The number of carbonyl (C=O) groups is 1. The summed E-state index contributed by atoms with van der Waals surface area (Å²) in [7, 11) is 0.